The Kier molecular flexibility index (Phi) is 3.07. The predicted molar refractivity (Wildman–Crippen MR) is 74.0 cm³/mol. The van der Waals surface area contributed by atoms with Crippen LogP contribution in [0.4, 0.5) is 0 Å². The fourth-order valence-corrected chi connectivity index (χ4v) is 4.43. The third kappa shape index (κ3) is 2.07. The summed E-state index contributed by atoms with van der Waals surface area (Å²) in [5.41, 5.74) is 2.48. The molecule has 2 aromatic rings. The van der Waals surface area contributed by atoms with Gasteiger partial charge in [0.05, 0.1) is 6.10 Å². The molecule has 1 N–H and O–H groups in total. The van der Waals surface area contributed by atoms with Crippen molar-refractivity contribution in [1.82, 2.24) is 0 Å². The Morgan fingerprint density at radius 3 is 3.06 bits per heavy atom. The SMILES string of the molecule is Cc1cc(C(O)C2CCCc3sccc32)cs1. The average molecular weight is 264 g/mol. The average Bonchev–Trinajstić information content (AvgIpc) is 2.95. The molecule has 90 valence electrons. The van der Waals surface area contributed by atoms with Crippen LogP contribution >= 0.6 is 22.7 Å². The largest absolute Gasteiger partial charge is 0.388 e. The zero-order valence-electron chi connectivity index (χ0n) is 9.85. The molecule has 17 heavy (non-hydrogen) atoms. The van der Waals surface area contributed by atoms with Crippen molar-refractivity contribution < 1.29 is 5.11 Å². The van der Waals surface area contributed by atoms with Crippen molar-refractivity contribution in [3.8, 4) is 0 Å². The van der Waals surface area contributed by atoms with E-state index >= 15 is 0 Å². The number of hydrogen-bond acceptors (Lipinski definition) is 3. The zero-order valence-corrected chi connectivity index (χ0v) is 11.5. The monoisotopic (exact) mass is 264 g/mol. The van der Waals surface area contributed by atoms with E-state index in [2.05, 4.69) is 29.8 Å². The van der Waals surface area contributed by atoms with Crippen molar-refractivity contribution in [2.75, 3.05) is 0 Å². The molecule has 2 heterocycles. The van der Waals surface area contributed by atoms with E-state index in [9.17, 15) is 5.11 Å². The molecule has 0 aromatic carbocycles. The molecule has 1 aliphatic carbocycles. The Labute approximate surface area is 110 Å². The lowest BCUT2D eigenvalue weighted by Gasteiger charge is -2.26. The number of aryl methyl sites for hydroxylation is 2. The normalized spacial score (nSPS) is 21.2. The Morgan fingerprint density at radius 1 is 1.41 bits per heavy atom. The van der Waals surface area contributed by atoms with Gasteiger partial charge in [-0.2, -0.15) is 0 Å². The molecule has 0 aliphatic heterocycles. The summed E-state index contributed by atoms with van der Waals surface area (Å²) in [6.07, 6.45) is 3.19. The van der Waals surface area contributed by atoms with Crippen molar-refractivity contribution in [2.45, 2.75) is 38.2 Å². The quantitative estimate of drug-likeness (QED) is 0.858. The second-order valence-electron chi connectivity index (χ2n) is 4.73. The van der Waals surface area contributed by atoms with Crippen LogP contribution in [0.2, 0.25) is 0 Å². The Hall–Kier alpha value is -0.640. The molecular formula is C14H16OS2. The highest BCUT2D eigenvalue weighted by Crippen LogP contribution is 2.42. The van der Waals surface area contributed by atoms with Gasteiger partial charge in [0, 0.05) is 15.7 Å². The van der Waals surface area contributed by atoms with Gasteiger partial charge in [-0.1, -0.05) is 0 Å². The fourth-order valence-electron chi connectivity index (χ4n) is 2.70. The minimum absolute atomic E-state index is 0.305. The summed E-state index contributed by atoms with van der Waals surface area (Å²) in [5, 5.41) is 14.8. The summed E-state index contributed by atoms with van der Waals surface area (Å²) in [5.74, 6) is 0.305. The summed E-state index contributed by atoms with van der Waals surface area (Å²) in [7, 11) is 0. The van der Waals surface area contributed by atoms with Crippen molar-refractivity contribution in [3.63, 3.8) is 0 Å². The molecule has 0 saturated heterocycles. The van der Waals surface area contributed by atoms with E-state index in [-0.39, 0.29) is 6.10 Å². The maximum atomic E-state index is 10.5. The Balaban J connectivity index is 1.91. The van der Waals surface area contributed by atoms with Crippen LogP contribution in [0.1, 0.15) is 45.7 Å². The third-order valence-corrected chi connectivity index (χ3v) is 5.45. The molecule has 2 aromatic heterocycles. The Morgan fingerprint density at radius 2 is 2.29 bits per heavy atom. The molecule has 0 fully saturated rings. The van der Waals surface area contributed by atoms with Gasteiger partial charge in [0.2, 0.25) is 0 Å². The van der Waals surface area contributed by atoms with Gasteiger partial charge < -0.3 is 5.11 Å². The van der Waals surface area contributed by atoms with E-state index in [1.807, 2.05) is 11.3 Å². The molecule has 0 spiro atoms. The highest BCUT2D eigenvalue weighted by Gasteiger charge is 2.28. The maximum Gasteiger partial charge on any atom is 0.0867 e. The van der Waals surface area contributed by atoms with E-state index in [1.54, 1.807) is 11.3 Å². The van der Waals surface area contributed by atoms with Crippen molar-refractivity contribution >= 4 is 22.7 Å². The summed E-state index contributed by atoms with van der Waals surface area (Å²) in [6.45, 7) is 2.10. The number of hydrogen-bond donors (Lipinski definition) is 1. The number of thiophene rings is 2. The first-order chi connectivity index (χ1) is 8.25. The summed E-state index contributed by atoms with van der Waals surface area (Å²) < 4.78 is 0. The summed E-state index contributed by atoms with van der Waals surface area (Å²) >= 11 is 3.56. The van der Waals surface area contributed by atoms with Gasteiger partial charge >= 0.3 is 0 Å². The number of aliphatic hydroxyl groups excluding tert-OH is 1. The molecular weight excluding hydrogens is 248 g/mol. The standard InChI is InChI=1S/C14H16OS2/c1-9-7-10(8-17-9)14(15)12-3-2-4-13-11(12)5-6-16-13/h5-8,12,14-15H,2-4H2,1H3. The smallest absolute Gasteiger partial charge is 0.0867 e. The lowest BCUT2D eigenvalue weighted by molar-refractivity contribution is 0.137. The zero-order chi connectivity index (χ0) is 11.8. The molecule has 0 amide bonds. The van der Waals surface area contributed by atoms with Crippen LogP contribution < -0.4 is 0 Å². The molecule has 0 radical (unpaired) electrons. The maximum absolute atomic E-state index is 10.5. The number of rotatable bonds is 2. The van der Waals surface area contributed by atoms with Gasteiger partial charge in [0.1, 0.15) is 0 Å². The first kappa shape index (κ1) is 11.5. The lowest BCUT2D eigenvalue weighted by Crippen LogP contribution is -2.15. The van der Waals surface area contributed by atoms with Gasteiger partial charge in [-0.15, -0.1) is 22.7 Å². The van der Waals surface area contributed by atoms with Crippen LogP contribution in [-0.2, 0) is 6.42 Å². The van der Waals surface area contributed by atoms with E-state index in [0.29, 0.717) is 5.92 Å². The van der Waals surface area contributed by atoms with Crippen LogP contribution in [0, 0.1) is 6.92 Å². The van der Waals surface area contributed by atoms with Crippen LogP contribution in [0.15, 0.2) is 22.9 Å². The molecule has 2 unspecified atom stereocenters. The van der Waals surface area contributed by atoms with E-state index in [1.165, 1.54) is 28.2 Å². The predicted octanol–water partition coefficient (Wildman–Crippen LogP) is 4.27. The van der Waals surface area contributed by atoms with Crippen LogP contribution in [0.3, 0.4) is 0 Å². The first-order valence-electron chi connectivity index (χ1n) is 6.05. The number of fused-ring (bicyclic) bond motifs is 1. The highest BCUT2D eigenvalue weighted by atomic mass is 32.1. The molecule has 3 heteroatoms. The minimum Gasteiger partial charge on any atom is -0.388 e. The molecule has 0 saturated carbocycles. The topological polar surface area (TPSA) is 20.2 Å². The second-order valence-corrected chi connectivity index (χ2v) is 6.85. The van der Waals surface area contributed by atoms with Crippen molar-refractivity contribution in [2.24, 2.45) is 0 Å². The number of aliphatic hydroxyl groups is 1. The van der Waals surface area contributed by atoms with Gasteiger partial charge in [-0.3, -0.25) is 0 Å². The van der Waals surface area contributed by atoms with E-state index in [4.69, 9.17) is 0 Å². The fraction of sp³-hybridized carbons (Fsp3) is 0.429. The van der Waals surface area contributed by atoms with Crippen molar-refractivity contribution in [1.29, 1.82) is 0 Å². The van der Waals surface area contributed by atoms with Crippen LogP contribution in [0.25, 0.3) is 0 Å². The van der Waals surface area contributed by atoms with Gasteiger partial charge in [0.25, 0.3) is 0 Å². The first-order valence-corrected chi connectivity index (χ1v) is 7.81. The third-order valence-electron chi connectivity index (χ3n) is 3.57. The second kappa shape index (κ2) is 4.56. The van der Waals surface area contributed by atoms with E-state index in [0.717, 1.165) is 12.0 Å². The molecule has 3 rings (SSSR count). The van der Waals surface area contributed by atoms with Crippen molar-refractivity contribution in [3.05, 3.63) is 43.8 Å². The molecule has 1 nitrogen and oxygen atoms in total. The summed E-state index contributed by atoms with van der Waals surface area (Å²) in [6, 6.07) is 4.32. The molecule has 1 aliphatic rings. The van der Waals surface area contributed by atoms with Crippen LogP contribution in [0.5, 0.6) is 0 Å². The minimum atomic E-state index is -0.325. The van der Waals surface area contributed by atoms with E-state index < -0.39 is 0 Å². The van der Waals surface area contributed by atoms with Crippen LogP contribution in [-0.4, -0.2) is 5.11 Å². The lowest BCUT2D eigenvalue weighted by atomic mass is 9.82. The summed E-state index contributed by atoms with van der Waals surface area (Å²) in [4.78, 5) is 2.76. The van der Waals surface area contributed by atoms with Gasteiger partial charge in [-0.05, 0) is 60.2 Å². The van der Waals surface area contributed by atoms with Gasteiger partial charge in [-0.25, -0.2) is 0 Å². The highest BCUT2D eigenvalue weighted by molar-refractivity contribution is 7.10. The molecule has 2 atom stereocenters. The Bertz CT molecular complexity index is 512. The molecule has 0 bridgehead atoms. The van der Waals surface area contributed by atoms with Gasteiger partial charge in [0.15, 0.2) is 0 Å².